The van der Waals surface area contributed by atoms with E-state index in [-0.39, 0.29) is 11.9 Å². The number of hydrogen-bond acceptors (Lipinski definition) is 3. The van der Waals surface area contributed by atoms with Gasteiger partial charge in [0.05, 0.1) is 37.5 Å². The van der Waals surface area contributed by atoms with Gasteiger partial charge in [-0.15, -0.1) is 0 Å². The lowest BCUT2D eigenvalue weighted by Crippen LogP contribution is -2.59. The minimum absolute atomic E-state index is 0.0140. The molecule has 0 heterocycles. The van der Waals surface area contributed by atoms with Crippen LogP contribution < -0.4 is 5.32 Å². The molecule has 0 saturated heterocycles. The van der Waals surface area contributed by atoms with Gasteiger partial charge in [0, 0.05) is 6.42 Å². The van der Waals surface area contributed by atoms with Gasteiger partial charge in [0.1, 0.15) is 0 Å². The van der Waals surface area contributed by atoms with Crippen molar-refractivity contribution < 1.29 is 18.8 Å². The zero-order chi connectivity index (χ0) is 20.6. The van der Waals surface area contributed by atoms with Crippen LogP contribution in [0.3, 0.4) is 0 Å². The van der Waals surface area contributed by atoms with Crippen molar-refractivity contribution in [1.82, 2.24) is 0 Å². The first-order valence-electron chi connectivity index (χ1n) is 10.2. The number of hydrogen-bond donors (Lipinski definition) is 1. The lowest BCUT2D eigenvalue weighted by Gasteiger charge is -2.42. The van der Waals surface area contributed by atoms with E-state index in [4.69, 9.17) is 4.74 Å². The standard InChI is InChI=1S/C22H36N2O3/c1-8-13-19(24(9-2,10-3)11-4)21(25)23-20-17(7)14-16(6)15-18(20)22(26)27-12-5/h14-15,19H,8-13H2,1-7H3/p+1. The van der Waals surface area contributed by atoms with Crippen LogP contribution in [0.5, 0.6) is 0 Å². The lowest BCUT2D eigenvalue weighted by molar-refractivity contribution is -0.938. The molecule has 0 radical (unpaired) electrons. The van der Waals surface area contributed by atoms with Crippen LogP contribution in [-0.2, 0) is 9.53 Å². The Morgan fingerprint density at radius 2 is 1.63 bits per heavy atom. The van der Waals surface area contributed by atoms with E-state index in [1.54, 1.807) is 13.0 Å². The zero-order valence-corrected chi connectivity index (χ0v) is 18.1. The lowest BCUT2D eigenvalue weighted by atomic mass is 10.0. The minimum atomic E-state index is -0.395. The molecule has 0 aromatic heterocycles. The van der Waals surface area contributed by atoms with E-state index < -0.39 is 5.97 Å². The second-order valence-electron chi connectivity index (χ2n) is 7.19. The molecule has 1 atom stereocenters. The molecule has 0 aliphatic rings. The van der Waals surface area contributed by atoms with Gasteiger partial charge < -0.3 is 14.5 Å². The maximum Gasteiger partial charge on any atom is 0.340 e. The van der Waals surface area contributed by atoms with E-state index in [1.165, 1.54) is 0 Å². The van der Waals surface area contributed by atoms with Gasteiger partial charge in [-0.25, -0.2) is 4.79 Å². The number of carbonyl (C=O) groups is 2. The number of rotatable bonds is 10. The van der Waals surface area contributed by atoms with Gasteiger partial charge in [-0.05, 0) is 65.2 Å². The molecular formula is C22H37N2O3+. The maximum absolute atomic E-state index is 13.3. The molecule has 0 bridgehead atoms. The Bertz CT molecular complexity index is 643. The topological polar surface area (TPSA) is 55.4 Å². The van der Waals surface area contributed by atoms with E-state index in [2.05, 4.69) is 33.0 Å². The molecule has 0 aliphatic heterocycles. The van der Waals surface area contributed by atoms with Crippen molar-refractivity contribution >= 4 is 17.6 Å². The van der Waals surface area contributed by atoms with Crippen LogP contribution in [0.4, 0.5) is 5.69 Å². The van der Waals surface area contributed by atoms with Crippen molar-refractivity contribution in [2.45, 2.75) is 67.3 Å². The molecule has 1 amide bonds. The van der Waals surface area contributed by atoms with Crippen LogP contribution in [0.1, 0.15) is 68.9 Å². The fraction of sp³-hybridized carbons (Fsp3) is 0.636. The average Bonchev–Trinajstić information content (AvgIpc) is 2.64. The van der Waals surface area contributed by atoms with Gasteiger partial charge in [0.15, 0.2) is 6.04 Å². The maximum atomic E-state index is 13.3. The van der Waals surface area contributed by atoms with E-state index in [9.17, 15) is 9.59 Å². The van der Waals surface area contributed by atoms with Crippen LogP contribution in [0.2, 0.25) is 0 Å². The summed E-state index contributed by atoms with van der Waals surface area (Å²) in [4.78, 5) is 25.8. The Balaban J connectivity index is 3.31. The highest BCUT2D eigenvalue weighted by molar-refractivity contribution is 6.03. The summed E-state index contributed by atoms with van der Waals surface area (Å²) < 4.78 is 5.95. The normalized spacial score (nSPS) is 12.6. The van der Waals surface area contributed by atoms with Crippen LogP contribution in [0.15, 0.2) is 12.1 Å². The third-order valence-electron chi connectivity index (χ3n) is 5.64. The first-order valence-corrected chi connectivity index (χ1v) is 10.2. The number of nitrogens with zero attached hydrogens (tertiary/aromatic N) is 1. The zero-order valence-electron chi connectivity index (χ0n) is 18.1. The first-order chi connectivity index (χ1) is 12.8. The van der Waals surface area contributed by atoms with Gasteiger partial charge in [-0.3, -0.25) is 4.79 Å². The Morgan fingerprint density at radius 3 is 2.11 bits per heavy atom. The van der Waals surface area contributed by atoms with E-state index >= 15 is 0 Å². The molecule has 5 nitrogen and oxygen atoms in total. The molecule has 0 saturated carbocycles. The number of esters is 1. The minimum Gasteiger partial charge on any atom is -0.462 e. The third kappa shape index (κ3) is 5.32. The first kappa shape index (κ1) is 23.2. The molecule has 0 aliphatic carbocycles. The van der Waals surface area contributed by atoms with Gasteiger partial charge in [-0.1, -0.05) is 13.0 Å². The number of carbonyl (C=O) groups excluding carboxylic acids is 2. The van der Waals surface area contributed by atoms with E-state index in [0.717, 1.165) is 48.1 Å². The molecule has 1 aromatic rings. The summed E-state index contributed by atoms with van der Waals surface area (Å²) in [5, 5.41) is 3.08. The molecule has 152 valence electrons. The SMILES string of the molecule is CCCC(C(=O)Nc1c(C)cc(C)cc1C(=O)OCC)[N+](CC)(CC)CC. The van der Waals surface area contributed by atoms with Crippen molar-refractivity contribution in [3.05, 3.63) is 28.8 Å². The highest BCUT2D eigenvalue weighted by atomic mass is 16.5. The van der Waals surface area contributed by atoms with Gasteiger partial charge >= 0.3 is 5.97 Å². The quantitative estimate of drug-likeness (QED) is 0.484. The van der Waals surface area contributed by atoms with Crippen molar-refractivity contribution in [2.24, 2.45) is 0 Å². The summed E-state index contributed by atoms with van der Waals surface area (Å²) in [6.07, 6.45) is 1.76. The summed E-state index contributed by atoms with van der Waals surface area (Å²) >= 11 is 0. The summed E-state index contributed by atoms with van der Waals surface area (Å²) in [6.45, 7) is 17.2. The number of benzene rings is 1. The molecule has 0 fully saturated rings. The van der Waals surface area contributed by atoms with Gasteiger partial charge in [-0.2, -0.15) is 0 Å². The summed E-state index contributed by atoms with van der Waals surface area (Å²) in [5.74, 6) is -0.409. The molecular weight excluding hydrogens is 340 g/mol. The van der Waals surface area contributed by atoms with Gasteiger partial charge in [0.25, 0.3) is 5.91 Å². The van der Waals surface area contributed by atoms with Crippen molar-refractivity contribution in [2.75, 3.05) is 31.6 Å². The molecule has 1 N–H and O–H groups in total. The third-order valence-corrected chi connectivity index (χ3v) is 5.64. The Hall–Kier alpha value is -1.88. The summed E-state index contributed by atoms with van der Waals surface area (Å²) in [6, 6.07) is 3.64. The molecule has 1 aromatic carbocycles. The van der Waals surface area contributed by atoms with Crippen LogP contribution >= 0.6 is 0 Å². The smallest absolute Gasteiger partial charge is 0.340 e. The number of quaternary nitrogens is 1. The number of aryl methyl sites for hydroxylation is 2. The monoisotopic (exact) mass is 377 g/mol. The van der Waals surface area contributed by atoms with Crippen molar-refractivity contribution in [3.8, 4) is 0 Å². The summed E-state index contributed by atoms with van der Waals surface area (Å²) in [7, 11) is 0. The van der Waals surface area contributed by atoms with E-state index in [1.807, 2.05) is 19.9 Å². The highest BCUT2D eigenvalue weighted by Crippen LogP contribution is 2.26. The Labute approximate surface area is 164 Å². The molecule has 0 spiro atoms. The van der Waals surface area contributed by atoms with Crippen molar-refractivity contribution in [3.63, 3.8) is 0 Å². The highest BCUT2D eigenvalue weighted by Gasteiger charge is 2.38. The van der Waals surface area contributed by atoms with Crippen LogP contribution in [-0.4, -0.2) is 48.6 Å². The number of amides is 1. The fourth-order valence-electron chi connectivity index (χ4n) is 3.97. The number of likely N-dealkylation sites (N-methyl/N-ethyl adjacent to an activating group) is 1. The van der Waals surface area contributed by atoms with Gasteiger partial charge in [0.2, 0.25) is 0 Å². The summed E-state index contributed by atoms with van der Waals surface area (Å²) in [5.41, 5.74) is 2.86. The number of anilines is 1. The Kier molecular flexibility index (Phi) is 8.97. The average molecular weight is 378 g/mol. The molecule has 1 rings (SSSR count). The van der Waals surface area contributed by atoms with Crippen LogP contribution in [0.25, 0.3) is 0 Å². The Morgan fingerprint density at radius 1 is 1.04 bits per heavy atom. The second kappa shape index (κ2) is 10.5. The van der Waals surface area contributed by atoms with Crippen LogP contribution in [0, 0.1) is 13.8 Å². The largest absolute Gasteiger partial charge is 0.462 e. The molecule has 27 heavy (non-hydrogen) atoms. The van der Waals surface area contributed by atoms with E-state index in [0.29, 0.717) is 17.9 Å². The number of ether oxygens (including phenoxy) is 1. The predicted octanol–water partition coefficient (Wildman–Crippen LogP) is 4.46. The van der Waals surface area contributed by atoms with Crippen molar-refractivity contribution in [1.29, 1.82) is 0 Å². The fourth-order valence-corrected chi connectivity index (χ4v) is 3.97. The molecule has 1 unspecified atom stereocenters. The second-order valence-corrected chi connectivity index (χ2v) is 7.19. The number of nitrogens with one attached hydrogen (secondary N) is 1. The molecule has 5 heteroatoms. The predicted molar refractivity (Wildman–Crippen MR) is 111 cm³/mol.